The van der Waals surface area contributed by atoms with Gasteiger partial charge in [-0.25, -0.2) is 26.7 Å². The summed E-state index contributed by atoms with van der Waals surface area (Å²) >= 11 is 0. The molecule has 164 valence electrons. The number of carbonyl (C=O) groups is 2. The minimum atomic E-state index is -2.30. The molecule has 0 spiro atoms. The maximum absolute atomic E-state index is 14.1. The summed E-state index contributed by atoms with van der Waals surface area (Å²) in [5, 5.41) is 0. The summed E-state index contributed by atoms with van der Waals surface area (Å²) in [4.78, 5) is 26.8. The lowest BCUT2D eigenvalue weighted by Crippen LogP contribution is -2.48. The van der Waals surface area contributed by atoms with Crippen LogP contribution in [0.5, 0.6) is 0 Å². The monoisotopic (exact) mass is 439 g/mol. The number of nitrogens with zero attached hydrogens (tertiary/aromatic N) is 1. The molecular formula is C22H18F5NO3. The van der Waals surface area contributed by atoms with Crippen molar-refractivity contribution >= 4 is 11.9 Å². The number of Topliss-reactive ketones (excluding diaryl/α,β-unsaturated/α-hetero) is 1. The van der Waals surface area contributed by atoms with Gasteiger partial charge >= 0.3 is 6.09 Å². The van der Waals surface area contributed by atoms with Gasteiger partial charge in [-0.3, -0.25) is 4.79 Å². The summed E-state index contributed by atoms with van der Waals surface area (Å²) in [7, 11) is 0. The fraction of sp³-hybridized carbons (Fsp3) is 0.364. The average molecular weight is 439 g/mol. The lowest BCUT2D eigenvalue weighted by molar-refractivity contribution is 0.0481. The van der Waals surface area contributed by atoms with E-state index in [0.717, 1.165) is 5.56 Å². The van der Waals surface area contributed by atoms with Crippen LogP contribution in [-0.4, -0.2) is 28.9 Å². The zero-order chi connectivity index (χ0) is 22.3. The normalized spacial score (nSPS) is 22.5. The van der Waals surface area contributed by atoms with E-state index in [0.29, 0.717) is 12.8 Å². The summed E-state index contributed by atoms with van der Waals surface area (Å²) in [6, 6.07) is 8.24. The molecule has 2 heterocycles. The quantitative estimate of drug-likeness (QED) is 0.287. The standard InChI is InChI=1S/C22H18F5NO3/c23-16-15(17(24)19(26)20(27)18(16)25)21(29)12-8-13-6-7-14(9-12)28(13)22(30)31-10-11-4-2-1-3-5-11/h1-5,12-14H,6-10H2. The fourth-order valence-electron chi connectivity index (χ4n) is 4.51. The third-order valence-electron chi connectivity index (χ3n) is 5.98. The molecule has 0 aromatic heterocycles. The smallest absolute Gasteiger partial charge is 0.410 e. The van der Waals surface area contributed by atoms with Crippen molar-refractivity contribution in [3.63, 3.8) is 0 Å². The highest BCUT2D eigenvalue weighted by Crippen LogP contribution is 2.41. The van der Waals surface area contributed by atoms with Crippen LogP contribution >= 0.6 is 0 Å². The van der Waals surface area contributed by atoms with Crippen molar-refractivity contribution in [1.82, 2.24) is 4.90 Å². The first-order valence-electron chi connectivity index (χ1n) is 9.84. The molecule has 0 aliphatic carbocycles. The Morgan fingerprint density at radius 3 is 1.90 bits per heavy atom. The van der Waals surface area contributed by atoms with Gasteiger partial charge < -0.3 is 9.64 Å². The molecule has 0 radical (unpaired) electrons. The van der Waals surface area contributed by atoms with Crippen molar-refractivity contribution < 1.29 is 36.3 Å². The van der Waals surface area contributed by atoms with Gasteiger partial charge in [-0.1, -0.05) is 30.3 Å². The fourth-order valence-corrected chi connectivity index (χ4v) is 4.51. The largest absolute Gasteiger partial charge is 0.445 e. The molecule has 2 aliphatic rings. The zero-order valence-electron chi connectivity index (χ0n) is 16.2. The molecular weight excluding hydrogens is 421 g/mol. The van der Waals surface area contributed by atoms with Crippen LogP contribution in [-0.2, 0) is 11.3 Å². The Kier molecular flexibility index (Phi) is 5.68. The molecule has 9 heteroatoms. The highest BCUT2D eigenvalue weighted by molar-refractivity contribution is 5.98. The number of fused-ring (bicyclic) bond motifs is 2. The topological polar surface area (TPSA) is 46.6 Å². The Morgan fingerprint density at radius 2 is 1.35 bits per heavy atom. The van der Waals surface area contributed by atoms with E-state index >= 15 is 0 Å². The number of ether oxygens (including phenoxy) is 1. The third-order valence-corrected chi connectivity index (χ3v) is 5.98. The van der Waals surface area contributed by atoms with Crippen LogP contribution in [0.4, 0.5) is 26.7 Å². The second kappa shape index (κ2) is 8.28. The molecule has 2 aromatic rings. The molecule has 0 saturated carbocycles. The highest BCUT2D eigenvalue weighted by Gasteiger charge is 2.47. The highest BCUT2D eigenvalue weighted by atomic mass is 19.2. The number of amides is 1. The van der Waals surface area contributed by atoms with Crippen LogP contribution in [0, 0.1) is 35.0 Å². The van der Waals surface area contributed by atoms with E-state index in [-0.39, 0.29) is 19.4 Å². The molecule has 1 amide bonds. The molecule has 2 saturated heterocycles. The Balaban J connectivity index is 1.48. The van der Waals surface area contributed by atoms with Crippen LogP contribution in [0.15, 0.2) is 30.3 Å². The van der Waals surface area contributed by atoms with Gasteiger partial charge in [0.25, 0.3) is 0 Å². The Labute approximate surface area is 174 Å². The van der Waals surface area contributed by atoms with Crippen LogP contribution < -0.4 is 0 Å². The van der Waals surface area contributed by atoms with Gasteiger partial charge in [0, 0.05) is 18.0 Å². The van der Waals surface area contributed by atoms with Gasteiger partial charge in [-0.2, -0.15) is 0 Å². The maximum atomic E-state index is 14.1. The second-order valence-electron chi connectivity index (χ2n) is 7.81. The Bertz CT molecular complexity index is 987. The van der Waals surface area contributed by atoms with E-state index in [1.807, 2.05) is 18.2 Å². The van der Waals surface area contributed by atoms with E-state index in [9.17, 15) is 31.5 Å². The maximum Gasteiger partial charge on any atom is 0.410 e. The van der Waals surface area contributed by atoms with Crippen LogP contribution in [0.1, 0.15) is 41.6 Å². The predicted octanol–water partition coefficient (Wildman–Crippen LogP) is 5.14. The van der Waals surface area contributed by atoms with Gasteiger partial charge in [-0.15, -0.1) is 0 Å². The van der Waals surface area contributed by atoms with Gasteiger partial charge in [0.2, 0.25) is 5.82 Å². The molecule has 2 aliphatic heterocycles. The first-order valence-corrected chi connectivity index (χ1v) is 9.84. The number of halogens is 5. The predicted molar refractivity (Wildman–Crippen MR) is 98.6 cm³/mol. The van der Waals surface area contributed by atoms with Crippen LogP contribution in [0.3, 0.4) is 0 Å². The van der Waals surface area contributed by atoms with E-state index in [1.54, 1.807) is 12.1 Å². The summed E-state index contributed by atoms with van der Waals surface area (Å²) in [5.41, 5.74) is -0.611. The molecule has 4 nitrogen and oxygen atoms in total. The average Bonchev–Trinajstić information content (AvgIpc) is 3.04. The summed E-state index contributed by atoms with van der Waals surface area (Å²) in [6.07, 6.45) is 0.696. The summed E-state index contributed by atoms with van der Waals surface area (Å²) in [6.45, 7) is 0.0720. The number of benzene rings is 2. The first kappa shape index (κ1) is 21.3. The number of piperidine rings is 1. The van der Waals surface area contributed by atoms with E-state index in [1.165, 1.54) is 4.90 Å². The number of hydrogen-bond acceptors (Lipinski definition) is 3. The van der Waals surface area contributed by atoms with Crippen molar-refractivity contribution in [1.29, 1.82) is 0 Å². The van der Waals surface area contributed by atoms with Crippen molar-refractivity contribution in [2.45, 2.75) is 44.4 Å². The Hall–Kier alpha value is -2.97. The SMILES string of the molecule is O=C(c1c(F)c(F)c(F)c(F)c1F)C1CC2CCC(C1)N2C(=O)OCc1ccccc1. The van der Waals surface area contributed by atoms with Crippen molar-refractivity contribution in [2.75, 3.05) is 0 Å². The molecule has 4 rings (SSSR count). The van der Waals surface area contributed by atoms with E-state index < -0.39 is 64.5 Å². The van der Waals surface area contributed by atoms with Crippen LogP contribution in [0.25, 0.3) is 0 Å². The first-order chi connectivity index (χ1) is 14.8. The second-order valence-corrected chi connectivity index (χ2v) is 7.81. The van der Waals surface area contributed by atoms with Crippen molar-refractivity contribution in [3.8, 4) is 0 Å². The molecule has 2 fully saturated rings. The van der Waals surface area contributed by atoms with Gasteiger partial charge in [0.15, 0.2) is 29.1 Å². The lowest BCUT2D eigenvalue weighted by atomic mass is 9.84. The van der Waals surface area contributed by atoms with Gasteiger partial charge in [-0.05, 0) is 31.2 Å². The summed E-state index contributed by atoms with van der Waals surface area (Å²) < 4.78 is 73.8. The van der Waals surface area contributed by atoms with E-state index in [2.05, 4.69) is 0 Å². The van der Waals surface area contributed by atoms with Crippen LogP contribution in [0.2, 0.25) is 0 Å². The van der Waals surface area contributed by atoms with Crippen molar-refractivity contribution in [2.24, 2.45) is 5.92 Å². The number of ketones is 1. The number of rotatable bonds is 4. The molecule has 2 atom stereocenters. The molecule has 2 aromatic carbocycles. The number of hydrogen-bond donors (Lipinski definition) is 0. The molecule has 0 N–H and O–H groups in total. The molecule has 2 bridgehead atoms. The van der Waals surface area contributed by atoms with Gasteiger partial charge in [0.1, 0.15) is 6.61 Å². The van der Waals surface area contributed by atoms with Gasteiger partial charge in [0.05, 0.1) is 5.56 Å². The minimum absolute atomic E-state index is 0.0647. The van der Waals surface area contributed by atoms with E-state index in [4.69, 9.17) is 4.74 Å². The summed E-state index contributed by atoms with van der Waals surface area (Å²) in [5.74, 6) is -12.9. The lowest BCUT2D eigenvalue weighted by Gasteiger charge is -2.37. The molecule has 31 heavy (non-hydrogen) atoms. The third kappa shape index (κ3) is 3.77. The molecule has 2 unspecified atom stereocenters. The van der Waals surface area contributed by atoms with Crippen molar-refractivity contribution in [3.05, 3.63) is 70.5 Å². The number of carbonyl (C=O) groups excluding carboxylic acids is 2. The zero-order valence-corrected chi connectivity index (χ0v) is 16.2. The minimum Gasteiger partial charge on any atom is -0.445 e. The Morgan fingerprint density at radius 1 is 0.839 bits per heavy atom.